The van der Waals surface area contributed by atoms with E-state index >= 15 is 0 Å². The predicted octanol–water partition coefficient (Wildman–Crippen LogP) is -2.23. The number of H-pyrrole nitrogens is 1. The fourth-order valence-corrected chi connectivity index (χ4v) is 2.43. The Bertz CT molecular complexity index is 713. The van der Waals surface area contributed by atoms with Crippen molar-refractivity contribution in [2.45, 2.75) is 24.5 Å². The Kier molecular flexibility index (Phi) is 3.37. The zero-order valence-electron chi connectivity index (χ0n) is 11.1. The van der Waals surface area contributed by atoms with E-state index in [4.69, 9.17) is 9.84 Å². The van der Waals surface area contributed by atoms with E-state index in [1.54, 1.807) is 7.05 Å². The Morgan fingerprint density at radius 1 is 1.48 bits per heavy atom. The SMILES string of the molecule is CNc1nc2c(=O)[nH]cnc2n1[C@@H]1O[C@H](CO)[C@@H](O)[C@H]1O. The van der Waals surface area contributed by atoms with Gasteiger partial charge in [0.05, 0.1) is 12.9 Å². The van der Waals surface area contributed by atoms with Gasteiger partial charge in [-0.1, -0.05) is 0 Å². The molecule has 0 amide bonds. The molecule has 0 aliphatic carbocycles. The Morgan fingerprint density at radius 2 is 2.24 bits per heavy atom. The van der Waals surface area contributed by atoms with Gasteiger partial charge >= 0.3 is 0 Å². The maximum absolute atomic E-state index is 11.7. The molecule has 0 spiro atoms. The monoisotopic (exact) mass is 297 g/mol. The Labute approximate surface area is 118 Å². The number of aliphatic hydroxyl groups is 3. The summed E-state index contributed by atoms with van der Waals surface area (Å²) in [5.41, 5.74) is -0.139. The zero-order chi connectivity index (χ0) is 15.1. The molecule has 0 aromatic carbocycles. The van der Waals surface area contributed by atoms with Crippen LogP contribution in [0.5, 0.6) is 0 Å². The molecule has 0 radical (unpaired) electrons. The van der Waals surface area contributed by atoms with Crippen molar-refractivity contribution >= 4 is 17.1 Å². The number of hydrogen-bond donors (Lipinski definition) is 5. The number of nitrogens with zero attached hydrogens (tertiary/aromatic N) is 3. The van der Waals surface area contributed by atoms with Crippen LogP contribution in [0.25, 0.3) is 11.2 Å². The standard InChI is InChI=1S/C11H15N5O5/c1-12-11-15-5-8(13-3-14-9(5)20)16(11)10-7(19)6(18)4(2-17)21-10/h3-4,6-7,10,17-19H,2H2,1H3,(H,12,15)(H,13,14,20)/t4-,6-,7-,10-/m1/s1. The molecule has 10 nitrogen and oxygen atoms in total. The maximum Gasteiger partial charge on any atom is 0.278 e. The van der Waals surface area contributed by atoms with Crippen molar-refractivity contribution in [2.75, 3.05) is 19.0 Å². The van der Waals surface area contributed by atoms with E-state index in [1.807, 2.05) is 0 Å². The van der Waals surface area contributed by atoms with E-state index in [0.29, 0.717) is 0 Å². The molecule has 2 aromatic rings. The summed E-state index contributed by atoms with van der Waals surface area (Å²) >= 11 is 0. The molecule has 1 fully saturated rings. The van der Waals surface area contributed by atoms with Gasteiger partial charge in [0.1, 0.15) is 18.3 Å². The first-order chi connectivity index (χ1) is 10.1. The van der Waals surface area contributed by atoms with Crippen LogP contribution >= 0.6 is 0 Å². The number of rotatable bonds is 3. The molecule has 10 heteroatoms. The third-order valence-corrected chi connectivity index (χ3v) is 3.48. The molecule has 0 unspecified atom stereocenters. The molecule has 3 rings (SSSR count). The number of aromatic amines is 1. The van der Waals surface area contributed by atoms with Crippen LogP contribution < -0.4 is 10.9 Å². The molecule has 3 heterocycles. The minimum Gasteiger partial charge on any atom is -0.394 e. The summed E-state index contributed by atoms with van der Waals surface area (Å²) in [5.74, 6) is 0.254. The Balaban J connectivity index is 2.16. The van der Waals surface area contributed by atoms with Crippen molar-refractivity contribution in [3.8, 4) is 0 Å². The van der Waals surface area contributed by atoms with E-state index in [2.05, 4.69) is 20.3 Å². The number of ether oxygens (including phenoxy) is 1. The highest BCUT2D eigenvalue weighted by Crippen LogP contribution is 2.33. The Morgan fingerprint density at radius 3 is 2.86 bits per heavy atom. The van der Waals surface area contributed by atoms with Crippen LogP contribution in [0.3, 0.4) is 0 Å². The second-order valence-corrected chi connectivity index (χ2v) is 4.69. The second kappa shape index (κ2) is 5.07. The summed E-state index contributed by atoms with van der Waals surface area (Å²) < 4.78 is 6.83. The third kappa shape index (κ3) is 2.00. The van der Waals surface area contributed by atoms with Crippen LogP contribution in [-0.2, 0) is 4.74 Å². The van der Waals surface area contributed by atoms with Crippen molar-refractivity contribution in [1.82, 2.24) is 19.5 Å². The van der Waals surface area contributed by atoms with Crippen LogP contribution in [0, 0.1) is 0 Å². The van der Waals surface area contributed by atoms with Gasteiger partial charge in [0.25, 0.3) is 5.56 Å². The molecule has 1 aliphatic heterocycles. The van der Waals surface area contributed by atoms with Crippen molar-refractivity contribution < 1.29 is 20.1 Å². The van der Waals surface area contributed by atoms with Crippen molar-refractivity contribution in [3.63, 3.8) is 0 Å². The topological polar surface area (TPSA) is 146 Å². The molecule has 114 valence electrons. The average Bonchev–Trinajstić information content (AvgIpc) is 2.99. The van der Waals surface area contributed by atoms with Gasteiger partial charge in [-0.25, -0.2) is 9.97 Å². The molecule has 0 saturated carbocycles. The molecule has 0 bridgehead atoms. The molecule has 21 heavy (non-hydrogen) atoms. The summed E-state index contributed by atoms with van der Waals surface area (Å²) in [6.07, 6.45) is -3.26. The lowest BCUT2D eigenvalue weighted by atomic mass is 10.1. The molecule has 2 aromatic heterocycles. The average molecular weight is 297 g/mol. The number of nitrogens with one attached hydrogen (secondary N) is 2. The number of aliphatic hydroxyl groups excluding tert-OH is 3. The summed E-state index contributed by atoms with van der Waals surface area (Å²) in [7, 11) is 1.59. The summed E-state index contributed by atoms with van der Waals surface area (Å²) in [5, 5.41) is 31.9. The van der Waals surface area contributed by atoms with Crippen molar-refractivity contribution in [1.29, 1.82) is 0 Å². The lowest BCUT2D eigenvalue weighted by Crippen LogP contribution is -2.33. The first kappa shape index (κ1) is 13.9. The second-order valence-electron chi connectivity index (χ2n) is 4.69. The van der Waals surface area contributed by atoms with Gasteiger partial charge in [-0.2, -0.15) is 0 Å². The summed E-state index contributed by atoms with van der Waals surface area (Å²) in [6.45, 7) is -0.440. The van der Waals surface area contributed by atoms with Crippen LogP contribution in [0.1, 0.15) is 6.23 Å². The van der Waals surface area contributed by atoms with E-state index in [0.717, 1.165) is 0 Å². The lowest BCUT2D eigenvalue weighted by Gasteiger charge is -2.18. The molecule has 5 N–H and O–H groups in total. The van der Waals surface area contributed by atoms with Gasteiger partial charge in [-0.15, -0.1) is 0 Å². The van der Waals surface area contributed by atoms with Gasteiger partial charge in [0, 0.05) is 7.05 Å². The quantitative estimate of drug-likeness (QED) is 0.428. The van der Waals surface area contributed by atoms with Gasteiger partial charge in [0.15, 0.2) is 17.4 Å². The molecule has 1 aliphatic rings. The number of aromatic nitrogens is 4. The van der Waals surface area contributed by atoms with E-state index < -0.39 is 36.7 Å². The molecule has 1 saturated heterocycles. The van der Waals surface area contributed by atoms with Gasteiger partial charge in [0.2, 0.25) is 5.95 Å². The van der Waals surface area contributed by atoms with Crippen LogP contribution in [0.15, 0.2) is 11.1 Å². The molecular weight excluding hydrogens is 282 g/mol. The van der Waals surface area contributed by atoms with Crippen LogP contribution in [0.4, 0.5) is 5.95 Å². The molecular formula is C11H15N5O5. The number of fused-ring (bicyclic) bond motifs is 1. The predicted molar refractivity (Wildman–Crippen MR) is 70.7 cm³/mol. The fourth-order valence-electron chi connectivity index (χ4n) is 2.43. The van der Waals surface area contributed by atoms with Crippen LogP contribution in [-0.4, -0.2) is 66.8 Å². The van der Waals surface area contributed by atoms with E-state index in [-0.39, 0.29) is 17.1 Å². The van der Waals surface area contributed by atoms with Crippen molar-refractivity contribution in [3.05, 3.63) is 16.7 Å². The van der Waals surface area contributed by atoms with E-state index in [9.17, 15) is 15.0 Å². The first-order valence-electron chi connectivity index (χ1n) is 6.34. The minimum absolute atomic E-state index is 0.0830. The smallest absolute Gasteiger partial charge is 0.278 e. The zero-order valence-corrected chi connectivity index (χ0v) is 11.1. The summed E-state index contributed by atoms with van der Waals surface area (Å²) in [4.78, 5) is 22.3. The number of anilines is 1. The highest BCUT2D eigenvalue weighted by Gasteiger charge is 2.44. The Hall–Kier alpha value is -2.01. The number of hydrogen-bond acceptors (Lipinski definition) is 8. The highest BCUT2D eigenvalue weighted by molar-refractivity contribution is 5.73. The van der Waals surface area contributed by atoms with E-state index in [1.165, 1.54) is 10.9 Å². The molecule has 4 atom stereocenters. The maximum atomic E-state index is 11.7. The normalized spacial score (nSPS) is 29.1. The van der Waals surface area contributed by atoms with Crippen LogP contribution in [0.2, 0.25) is 0 Å². The minimum atomic E-state index is -1.28. The fraction of sp³-hybridized carbons (Fsp3) is 0.545. The van der Waals surface area contributed by atoms with Crippen molar-refractivity contribution in [2.24, 2.45) is 0 Å². The largest absolute Gasteiger partial charge is 0.394 e. The van der Waals surface area contributed by atoms with Gasteiger partial charge < -0.3 is 30.4 Å². The summed E-state index contributed by atoms with van der Waals surface area (Å²) in [6, 6.07) is 0. The highest BCUT2D eigenvalue weighted by atomic mass is 16.6. The van der Waals surface area contributed by atoms with Gasteiger partial charge in [-0.05, 0) is 0 Å². The first-order valence-corrected chi connectivity index (χ1v) is 6.34. The third-order valence-electron chi connectivity index (χ3n) is 3.48. The number of imidazole rings is 1. The van der Waals surface area contributed by atoms with Gasteiger partial charge in [-0.3, -0.25) is 9.36 Å². The lowest BCUT2D eigenvalue weighted by molar-refractivity contribution is -0.0501.